The predicted octanol–water partition coefficient (Wildman–Crippen LogP) is 4.17. The van der Waals surface area contributed by atoms with Gasteiger partial charge in [0.05, 0.1) is 11.8 Å². The second-order valence-corrected chi connectivity index (χ2v) is 7.82. The van der Waals surface area contributed by atoms with Crippen molar-refractivity contribution in [3.63, 3.8) is 0 Å². The van der Waals surface area contributed by atoms with E-state index < -0.39 is 0 Å². The van der Waals surface area contributed by atoms with Crippen LogP contribution in [0.2, 0.25) is 5.02 Å². The van der Waals surface area contributed by atoms with Gasteiger partial charge in [-0.15, -0.1) is 21.5 Å². The zero-order valence-corrected chi connectivity index (χ0v) is 16.2. The molecule has 0 spiro atoms. The van der Waals surface area contributed by atoms with Crippen molar-refractivity contribution in [2.45, 2.75) is 18.1 Å². The lowest BCUT2D eigenvalue weighted by atomic mass is 10.2. The Labute approximate surface area is 159 Å². The minimum absolute atomic E-state index is 0.0113. The number of amides is 1. The summed E-state index contributed by atoms with van der Waals surface area (Å²) >= 11 is 8.92. The summed E-state index contributed by atoms with van der Waals surface area (Å²) in [5, 5.41) is 14.8. The van der Waals surface area contributed by atoms with Gasteiger partial charge < -0.3 is 9.88 Å². The minimum Gasteiger partial charge on any atom is -0.348 e. The standard InChI is InChI=1S/C17H17ClN4OS2/c1-11(14-4-3-9-24-14)19-15(23)10-25-17-21-20-16(22(17)2)12-5-7-13(18)8-6-12/h3-9,11H,10H2,1-2H3,(H,19,23). The van der Waals surface area contributed by atoms with E-state index in [2.05, 4.69) is 15.5 Å². The number of carbonyl (C=O) groups excluding carboxylic acids is 1. The summed E-state index contributed by atoms with van der Waals surface area (Å²) < 4.78 is 1.88. The highest BCUT2D eigenvalue weighted by atomic mass is 35.5. The molecule has 1 unspecified atom stereocenters. The number of rotatable bonds is 6. The first-order valence-electron chi connectivity index (χ1n) is 7.65. The monoisotopic (exact) mass is 392 g/mol. The third-order valence-electron chi connectivity index (χ3n) is 3.62. The highest BCUT2D eigenvalue weighted by Crippen LogP contribution is 2.24. The van der Waals surface area contributed by atoms with Gasteiger partial charge in [0.15, 0.2) is 11.0 Å². The molecule has 0 radical (unpaired) electrons. The molecule has 0 bridgehead atoms. The summed E-state index contributed by atoms with van der Waals surface area (Å²) in [5.41, 5.74) is 0.932. The van der Waals surface area contributed by atoms with Gasteiger partial charge in [0.1, 0.15) is 0 Å². The van der Waals surface area contributed by atoms with E-state index in [-0.39, 0.29) is 11.9 Å². The number of benzene rings is 1. The molecule has 0 saturated heterocycles. The van der Waals surface area contributed by atoms with Gasteiger partial charge in [-0.2, -0.15) is 0 Å². The van der Waals surface area contributed by atoms with E-state index in [0.717, 1.165) is 16.3 Å². The number of thioether (sulfide) groups is 1. The molecule has 1 aromatic carbocycles. The summed E-state index contributed by atoms with van der Waals surface area (Å²) in [4.78, 5) is 13.3. The van der Waals surface area contributed by atoms with Gasteiger partial charge >= 0.3 is 0 Å². The molecule has 3 aromatic rings. The highest BCUT2D eigenvalue weighted by molar-refractivity contribution is 7.99. The SMILES string of the molecule is CC(NC(=O)CSc1nnc(-c2ccc(Cl)cc2)n1C)c1cccs1. The van der Waals surface area contributed by atoms with Crippen molar-refractivity contribution in [2.24, 2.45) is 7.05 Å². The summed E-state index contributed by atoms with van der Waals surface area (Å²) in [6.45, 7) is 1.98. The molecule has 8 heteroatoms. The normalized spacial score (nSPS) is 12.1. The molecule has 1 atom stereocenters. The lowest BCUT2D eigenvalue weighted by Crippen LogP contribution is -2.27. The molecule has 2 aromatic heterocycles. The maximum atomic E-state index is 12.1. The van der Waals surface area contributed by atoms with E-state index in [4.69, 9.17) is 11.6 Å². The van der Waals surface area contributed by atoms with Crippen LogP contribution in [0.4, 0.5) is 0 Å². The van der Waals surface area contributed by atoms with Crippen molar-refractivity contribution in [2.75, 3.05) is 5.75 Å². The molecule has 5 nitrogen and oxygen atoms in total. The minimum atomic E-state index is -0.0260. The number of carbonyl (C=O) groups is 1. The van der Waals surface area contributed by atoms with Crippen LogP contribution in [0.1, 0.15) is 17.8 Å². The average Bonchev–Trinajstić information content (AvgIpc) is 3.24. The molecule has 1 N–H and O–H groups in total. The van der Waals surface area contributed by atoms with Gasteiger partial charge in [0.25, 0.3) is 0 Å². The Morgan fingerprint density at radius 1 is 1.32 bits per heavy atom. The van der Waals surface area contributed by atoms with Crippen molar-refractivity contribution in [1.29, 1.82) is 0 Å². The van der Waals surface area contributed by atoms with E-state index in [0.29, 0.717) is 15.9 Å². The largest absolute Gasteiger partial charge is 0.348 e. The lowest BCUT2D eigenvalue weighted by Gasteiger charge is -2.11. The van der Waals surface area contributed by atoms with Crippen LogP contribution in [0.5, 0.6) is 0 Å². The molecule has 0 aliphatic heterocycles. The summed E-state index contributed by atoms with van der Waals surface area (Å²) in [6, 6.07) is 11.4. The van der Waals surface area contributed by atoms with Gasteiger partial charge in [0.2, 0.25) is 5.91 Å². The first kappa shape index (κ1) is 18.0. The van der Waals surface area contributed by atoms with E-state index in [1.807, 2.05) is 60.3 Å². The Morgan fingerprint density at radius 3 is 2.76 bits per heavy atom. The smallest absolute Gasteiger partial charge is 0.230 e. The van der Waals surface area contributed by atoms with Crippen LogP contribution in [0.3, 0.4) is 0 Å². The van der Waals surface area contributed by atoms with Crippen LogP contribution in [-0.4, -0.2) is 26.4 Å². The highest BCUT2D eigenvalue weighted by Gasteiger charge is 2.15. The van der Waals surface area contributed by atoms with Crippen molar-refractivity contribution in [3.05, 3.63) is 51.7 Å². The Kier molecular flexibility index (Phi) is 5.78. The third-order valence-corrected chi connectivity index (χ3v) is 5.94. The van der Waals surface area contributed by atoms with Crippen LogP contribution in [0, 0.1) is 0 Å². The van der Waals surface area contributed by atoms with Gasteiger partial charge in [-0.05, 0) is 42.6 Å². The maximum absolute atomic E-state index is 12.1. The first-order valence-corrected chi connectivity index (χ1v) is 9.90. The summed E-state index contributed by atoms with van der Waals surface area (Å²) in [5.74, 6) is 1.01. The Bertz CT molecular complexity index is 846. The fourth-order valence-electron chi connectivity index (χ4n) is 2.31. The molecule has 3 rings (SSSR count). The molecule has 2 heterocycles. The summed E-state index contributed by atoms with van der Waals surface area (Å²) in [7, 11) is 1.89. The Morgan fingerprint density at radius 2 is 2.08 bits per heavy atom. The molecule has 0 fully saturated rings. The molecule has 0 aliphatic rings. The second kappa shape index (κ2) is 8.03. The number of nitrogens with one attached hydrogen (secondary N) is 1. The van der Waals surface area contributed by atoms with Gasteiger partial charge in [-0.3, -0.25) is 4.79 Å². The second-order valence-electron chi connectivity index (χ2n) is 5.47. The number of halogens is 1. The number of aromatic nitrogens is 3. The van der Waals surface area contributed by atoms with Crippen LogP contribution in [0.25, 0.3) is 11.4 Å². The van der Waals surface area contributed by atoms with E-state index in [1.165, 1.54) is 11.8 Å². The van der Waals surface area contributed by atoms with Gasteiger partial charge in [0, 0.05) is 22.5 Å². The topological polar surface area (TPSA) is 59.8 Å². The van der Waals surface area contributed by atoms with Crippen LogP contribution in [-0.2, 0) is 11.8 Å². The van der Waals surface area contributed by atoms with Crippen molar-refractivity contribution >= 4 is 40.6 Å². The fourth-order valence-corrected chi connectivity index (χ4v) is 3.90. The zero-order valence-electron chi connectivity index (χ0n) is 13.8. The maximum Gasteiger partial charge on any atom is 0.230 e. The molecule has 25 heavy (non-hydrogen) atoms. The number of nitrogens with zero attached hydrogens (tertiary/aromatic N) is 3. The van der Waals surface area contributed by atoms with Crippen LogP contribution in [0.15, 0.2) is 46.9 Å². The Balaban J connectivity index is 1.60. The lowest BCUT2D eigenvalue weighted by molar-refractivity contribution is -0.119. The Hall–Kier alpha value is -1.83. The average molecular weight is 393 g/mol. The third kappa shape index (κ3) is 4.42. The van der Waals surface area contributed by atoms with E-state index >= 15 is 0 Å². The molecular weight excluding hydrogens is 376 g/mol. The van der Waals surface area contributed by atoms with Crippen LogP contribution < -0.4 is 5.32 Å². The predicted molar refractivity (Wildman–Crippen MR) is 103 cm³/mol. The van der Waals surface area contributed by atoms with Crippen molar-refractivity contribution < 1.29 is 4.79 Å². The first-order chi connectivity index (χ1) is 12.0. The molecular formula is C17H17ClN4OS2. The van der Waals surface area contributed by atoms with Gasteiger partial charge in [-0.1, -0.05) is 29.4 Å². The van der Waals surface area contributed by atoms with Crippen LogP contribution >= 0.6 is 34.7 Å². The fraction of sp³-hybridized carbons (Fsp3) is 0.235. The number of hydrogen-bond acceptors (Lipinski definition) is 5. The molecule has 0 aliphatic carbocycles. The molecule has 0 saturated carbocycles. The summed E-state index contributed by atoms with van der Waals surface area (Å²) in [6.07, 6.45) is 0. The molecule has 1 amide bonds. The van der Waals surface area contributed by atoms with Crippen molar-refractivity contribution in [3.8, 4) is 11.4 Å². The van der Waals surface area contributed by atoms with E-state index in [1.54, 1.807) is 11.3 Å². The van der Waals surface area contributed by atoms with Gasteiger partial charge in [-0.25, -0.2) is 0 Å². The number of thiophene rings is 1. The molecule has 130 valence electrons. The zero-order chi connectivity index (χ0) is 17.8. The van der Waals surface area contributed by atoms with Crippen molar-refractivity contribution in [1.82, 2.24) is 20.1 Å². The van der Waals surface area contributed by atoms with E-state index in [9.17, 15) is 4.79 Å². The quantitative estimate of drug-likeness (QED) is 0.639. The number of hydrogen-bond donors (Lipinski definition) is 1.